The number of aromatic hydroxyl groups is 1. The molecule has 0 saturated heterocycles. The van der Waals surface area contributed by atoms with Gasteiger partial charge in [-0.15, -0.1) is 0 Å². The summed E-state index contributed by atoms with van der Waals surface area (Å²) in [6, 6.07) is 17.0. The molecule has 0 amide bonds. The van der Waals surface area contributed by atoms with Gasteiger partial charge in [0.1, 0.15) is 17.2 Å². The molecule has 23 heavy (non-hydrogen) atoms. The molecule has 0 aliphatic carbocycles. The molecule has 0 aliphatic rings. The molecule has 3 aromatic rings. The van der Waals surface area contributed by atoms with Crippen molar-refractivity contribution in [2.24, 2.45) is 0 Å². The Morgan fingerprint density at radius 3 is 2.26 bits per heavy atom. The van der Waals surface area contributed by atoms with E-state index in [1.807, 2.05) is 49.4 Å². The molecule has 0 radical (unpaired) electrons. The molecule has 3 rings (SSSR count). The van der Waals surface area contributed by atoms with Crippen LogP contribution < -0.4 is 5.73 Å². The van der Waals surface area contributed by atoms with Gasteiger partial charge in [-0.25, -0.2) is 0 Å². The van der Waals surface area contributed by atoms with Crippen molar-refractivity contribution in [2.75, 3.05) is 5.73 Å². The average molecular weight is 310 g/mol. The van der Waals surface area contributed by atoms with Crippen LogP contribution in [0.15, 0.2) is 59.1 Å². The van der Waals surface area contributed by atoms with Crippen LogP contribution in [-0.4, -0.2) is 10.3 Å². The highest BCUT2D eigenvalue weighted by Crippen LogP contribution is 2.24. The minimum absolute atomic E-state index is 0.229. The predicted octanol–water partition coefficient (Wildman–Crippen LogP) is 4.75. The summed E-state index contributed by atoms with van der Waals surface area (Å²) in [5, 5.41) is 13.0. The Kier molecular flexibility index (Phi) is 5.41. The Morgan fingerprint density at radius 1 is 1.04 bits per heavy atom. The van der Waals surface area contributed by atoms with E-state index in [9.17, 15) is 0 Å². The number of phenols is 1. The Balaban J connectivity index is 0.000000168. The molecule has 0 aliphatic heterocycles. The second-order valence-corrected chi connectivity index (χ2v) is 5.66. The van der Waals surface area contributed by atoms with Crippen LogP contribution in [0.1, 0.15) is 31.1 Å². The number of phenolic OH excluding ortho intramolecular Hbond substituents is 1. The molecule has 0 unspecified atom stereocenters. The topological polar surface area (TPSA) is 72.3 Å². The van der Waals surface area contributed by atoms with Crippen molar-refractivity contribution in [1.82, 2.24) is 5.16 Å². The summed E-state index contributed by atoms with van der Waals surface area (Å²) in [7, 11) is 0. The highest BCUT2D eigenvalue weighted by molar-refractivity contribution is 5.58. The molecule has 1 heterocycles. The van der Waals surface area contributed by atoms with Crippen LogP contribution in [0.5, 0.6) is 5.75 Å². The van der Waals surface area contributed by atoms with Gasteiger partial charge in [-0.1, -0.05) is 55.4 Å². The van der Waals surface area contributed by atoms with Crippen molar-refractivity contribution in [2.45, 2.75) is 26.7 Å². The number of nitrogen functional groups attached to an aromatic ring is 1. The summed E-state index contributed by atoms with van der Waals surface area (Å²) in [6.45, 7) is 6.03. The third-order valence-electron chi connectivity index (χ3n) is 3.39. The lowest BCUT2D eigenvalue weighted by atomic mass is 10.0. The van der Waals surface area contributed by atoms with Gasteiger partial charge in [-0.3, -0.25) is 0 Å². The standard InChI is InChI=1S/C10H9NO.C9H13NO/c1-8-7-10(11-12-8)9-5-3-2-4-6-9;1-6(2)8-4-3-7(11)5-9(8)10/h2-7H,1H3;3-6,11H,10H2,1-2H3. The lowest BCUT2D eigenvalue weighted by molar-refractivity contribution is 0.399. The summed E-state index contributed by atoms with van der Waals surface area (Å²) < 4.78 is 4.97. The smallest absolute Gasteiger partial charge is 0.134 e. The van der Waals surface area contributed by atoms with Gasteiger partial charge in [-0.05, 0) is 24.5 Å². The number of anilines is 1. The molecule has 0 atom stereocenters. The number of aryl methyl sites for hydroxylation is 1. The average Bonchev–Trinajstić information content (AvgIpc) is 2.95. The van der Waals surface area contributed by atoms with Crippen LogP contribution in [0.3, 0.4) is 0 Å². The lowest BCUT2D eigenvalue weighted by Gasteiger charge is -2.08. The number of hydrogen-bond donors (Lipinski definition) is 2. The van der Waals surface area contributed by atoms with Crippen molar-refractivity contribution in [3.05, 3.63) is 65.9 Å². The fourth-order valence-corrected chi connectivity index (χ4v) is 2.20. The molecule has 2 aromatic carbocycles. The van der Waals surface area contributed by atoms with Gasteiger partial charge in [0.15, 0.2) is 0 Å². The van der Waals surface area contributed by atoms with E-state index in [0.717, 1.165) is 22.6 Å². The Morgan fingerprint density at radius 2 is 1.74 bits per heavy atom. The van der Waals surface area contributed by atoms with Crippen LogP contribution in [0.25, 0.3) is 11.3 Å². The third kappa shape index (κ3) is 4.61. The van der Waals surface area contributed by atoms with Crippen LogP contribution in [-0.2, 0) is 0 Å². The number of benzene rings is 2. The van der Waals surface area contributed by atoms with Gasteiger partial charge in [0, 0.05) is 23.4 Å². The monoisotopic (exact) mass is 310 g/mol. The zero-order valence-electron chi connectivity index (χ0n) is 13.7. The molecule has 0 fully saturated rings. The third-order valence-corrected chi connectivity index (χ3v) is 3.39. The maximum Gasteiger partial charge on any atom is 0.134 e. The maximum absolute atomic E-state index is 9.04. The SMILES string of the molecule is CC(C)c1ccc(O)cc1N.Cc1cc(-c2ccccc2)no1. The summed E-state index contributed by atoms with van der Waals surface area (Å²) in [5.74, 6) is 1.48. The normalized spacial score (nSPS) is 10.3. The van der Waals surface area contributed by atoms with Gasteiger partial charge >= 0.3 is 0 Å². The fraction of sp³-hybridized carbons (Fsp3) is 0.211. The largest absolute Gasteiger partial charge is 0.508 e. The minimum atomic E-state index is 0.229. The minimum Gasteiger partial charge on any atom is -0.508 e. The van der Waals surface area contributed by atoms with E-state index >= 15 is 0 Å². The maximum atomic E-state index is 9.04. The summed E-state index contributed by atoms with van der Waals surface area (Å²) in [6.07, 6.45) is 0. The van der Waals surface area contributed by atoms with E-state index in [0.29, 0.717) is 11.6 Å². The van der Waals surface area contributed by atoms with Crippen molar-refractivity contribution in [3.8, 4) is 17.0 Å². The highest BCUT2D eigenvalue weighted by Gasteiger charge is 2.03. The quantitative estimate of drug-likeness (QED) is 0.670. The number of nitrogens with two attached hydrogens (primary N) is 1. The van der Waals surface area contributed by atoms with Crippen LogP contribution in [0, 0.1) is 6.92 Å². The van der Waals surface area contributed by atoms with E-state index < -0.39 is 0 Å². The first-order valence-corrected chi connectivity index (χ1v) is 7.54. The van der Waals surface area contributed by atoms with Crippen molar-refractivity contribution >= 4 is 5.69 Å². The van der Waals surface area contributed by atoms with Crippen LogP contribution >= 0.6 is 0 Å². The number of hydrogen-bond acceptors (Lipinski definition) is 4. The first kappa shape index (κ1) is 16.6. The van der Waals surface area contributed by atoms with E-state index in [1.54, 1.807) is 12.1 Å². The number of nitrogens with zero attached hydrogens (tertiary/aromatic N) is 1. The highest BCUT2D eigenvalue weighted by atomic mass is 16.5. The number of aromatic nitrogens is 1. The molecule has 4 nitrogen and oxygen atoms in total. The van der Waals surface area contributed by atoms with Crippen molar-refractivity contribution < 1.29 is 9.63 Å². The van der Waals surface area contributed by atoms with E-state index in [4.69, 9.17) is 15.4 Å². The zero-order valence-corrected chi connectivity index (χ0v) is 13.7. The van der Waals surface area contributed by atoms with Crippen LogP contribution in [0.2, 0.25) is 0 Å². The van der Waals surface area contributed by atoms with Crippen molar-refractivity contribution in [3.63, 3.8) is 0 Å². The Bertz CT molecular complexity index is 749. The molecule has 4 heteroatoms. The fourth-order valence-electron chi connectivity index (χ4n) is 2.20. The molecular weight excluding hydrogens is 288 g/mol. The summed E-state index contributed by atoms with van der Waals surface area (Å²) in [4.78, 5) is 0. The van der Waals surface area contributed by atoms with Crippen LogP contribution in [0.4, 0.5) is 5.69 Å². The Labute approximate surface area is 136 Å². The second-order valence-electron chi connectivity index (χ2n) is 5.66. The van der Waals surface area contributed by atoms with E-state index in [-0.39, 0.29) is 5.75 Å². The van der Waals surface area contributed by atoms with Gasteiger partial charge in [0.25, 0.3) is 0 Å². The van der Waals surface area contributed by atoms with Gasteiger partial charge in [0.2, 0.25) is 0 Å². The second kappa shape index (κ2) is 7.49. The zero-order chi connectivity index (χ0) is 16.8. The molecule has 1 aromatic heterocycles. The molecule has 0 saturated carbocycles. The molecule has 3 N–H and O–H groups in total. The lowest BCUT2D eigenvalue weighted by Crippen LogP contribution is -1.95. The Hall–Kier alpha value is -2.75. The first-order valence-electron chi connectivity index (χ1n) is 7.54. The number of rotatable bonds is 2. The summed E-state index contributed by atoms with van der Waals surface area (Å²) in [5.41, 5.74) is 9.40. The predicted molar refractivity (Wildman–Crippen MR) is 93.3 cm³/mol. The van der Waals surface area contributed by atoms with E-state index in [1.165, 1.54) is 0 Å². The van der Waals surface area contributed by atoms with Gasteiger partial charge in [0.05, 0.1) is 0 Å². The van der Waals surface area contributed by atoms with Gasteiger partial charge in [-0.2, -0.15) is 0 Å². The van der Waals surface area contributed by atoms with Crippen molar-refractivity contribution in [1.29, 1.82) is 0 Å². The summed E-state index contributed by atoms with van der Waals surface area (Å²) >= 11 is 0. The molecular formula is C19H22N2O2. The molecule has 120 valence electrons. The molecule has 0 spiro atoms. The van der Waals surface area contributed by atoms with E-state index in [2.05, 4.69) is 19.0 Å². The first-order chi connectivity index (χ1) is 11.0. The molecule has 0 bridgehead atoms. The van der Waals surface area contributed by atoms with Gasteiger partial charge < -0.3 is 15.4 Å².